The Labute approximate surface area is 168 Å². The van der Waals surface area contributed by atoms with Crippen LogP contribution in [0, 0.1) is 0 Å². The summed E-state index contributed by atoms with van der Waals surface area (Å²) >= 11 is 6.11. The number of aryl methyl sites for hydroxylation is 1. The average Bonchev–Trinajstić information content (AvgIpc) is 2.73. The molecule has 0 spiro atoms. The van der Waals surface area contributed by atoms with Crippen LogP contribution in [0.15, 0.2) is 67.0 Å². The standard InChI is InChI=1S/C22H20ClN3O2/c1-2-15-7-4-6-10-20(15)26-22(28)18-11-17(12-24-13-18)21(27)25-14-16-8-3-5-9-19(16)23/h3-13H,2,14H2,1H3,(H,25,27)(H,26,28). The van der Waals surface area contributed by atoms with Gasteiger partial charge in [-0.1, -0.05) is 54.9 Å². The molecule has 2 aromatic carbocycles. The van der Waals surface area contributed by atoms with Crippen LogP contribution < -0.4 is 10.6 Å². The third-order valence-electron chi connectivity index (χ3n) is 4.31. The van der Waals surface area contributed by atoms with Gasteiger partial charge in [0.2, 0.25) is 0 Å². The largest absolute Gasteiger partial charge is 0.348 e. The van der Waals surface area contributed by atoms with E-state index in [4.69, 9.17) is 11.6 Å². The number of carbonyl (C=O) groups excluding carboxylic acids is 2. The van der Waals surface area contributed by atoms with Gasteiger partial charge >= 0.3 is 0 Å². The lowest BCUT2D eigenvalue weighted by molar-refractivity contribution is 0.0950. The number of nitrogens with zero attached hydrogens (tertiary/aromatic N) is 1. The van der Waals surface area contributed by atoms with Crippen LogP contribution in [0.1, 0.15) is 38.8 Å². The lowest BCUT2D eigenvalue weighted by Gasteiger charge is -2.10. The molecule has 142 valence electrons. The topological polar surface area (TPSA) is 71.1 Å². The van der Waals surface area contributed by atoms with Gasteiger partial charge in [0.05, 0.1) is 11.1 Å². The van der Waals surface area contributed by atoms with Gasteiger partial charge in [-0.05, 0) is 35.7 Å². The Bertz CT molecular complexity index is 1000. The molecular weight excluding hydrogens is 374 g/mol. The number of nitrogens with one attached hydrogen (secondary N) is 2. The van der Waals surface area contributed by atoms with Gasteiger partial charge in [-0.2, -0.15) is 0 Å². The molecule has 2 N–H and O–H groups in total. The molecule has 1 heterocycles. The van der Waals surface area contributed by atoms with Crippen LogP contribution in [-0.2, 0) is 13.0 Å². The van der Waals surface area contributed by atoms with E-state index in [1.165, 1.54) is 18.5 Å². The van der Waals surface area contributed by atoms with E-state index in [1.807, 2.05) is 49.4 Å². The SMILES string of the molecule is CCc1ccccc1NC(=O)c1cncc(C(=O)NCc2ccccc2Cl)c1. The van der Waals surface area contributed by atoms with E-state index in [2.05, 4.69) is 15.6 Å². The molecule has 0 atom stereocenters. The molecule has 0 unspecified atom stereocenters. The van der Waals surface area contributed by atoms with Gasteiger partial charge in [-0.15, -0.1) is 0 Å². The normalized spacial score (nSPS) is 10.4. The fraction of sp³-hybridized carbons (Fsp3) is 0.136. The fourth-order valence-corrected chi connectivity index (χ4v) is 2.96. The minimum Gasteiger partial charge on any atom is -0.348 e. The van der Waals surface area contributed by atoms with Crippen molar-refractivity contribution in [2.24, 2.45) is 0 Å². The van der Waals surface area contributed by atoms with Crippen molar-refractivity contribution in [2.45, 2.75) is 19.9 Å². The Balaban J connectivity index is 1.70. The first-order chi connectivity index (χ1) is 13.6. The smallest absolute Gasteiger partial charge is 0.257 e. The molecular formula is C22H20ClN3O2. The summed E-state index contributed by atoms with van der Waals surface area (Å²) in [7, 11) is 0. The Morgan fingerprint density at radius 2 is 1.57 bits per heavy atom. The number of anilines is 1. The number of benzene rings is 2. The molecule has 5 nitrogen and oxygen atoms in total. The Hall–Kier alpha value is -3.18. The van der Waals surface area contributed by atoms with Crippen molar-refractivity contribution >= 4 is 29.1 Å². The number of para-hydroxylation sites is 1. The van der Waals surface area contributed by atoms with Crippen LogP contribution in [0.2, 0.25) is 5.02 Å². The van der Waals surface area contributed by atoms with E-state index in [9.17, 15) is 9.59 Å². The second-order valence-electron chi connectivity index (χ2n) is 6.20. The maximum absolute atomic E-state index is 12.6. The summed E-state index contributed by atoms with van der Waals surface area (Å²) in [5.41, 5.74) is 3.23. The van der Waals surface area contributed by atoms with Gasteiger partial charge in [-0.25, -0.2) is 0 Å². The molecule has 0 aliphatic heterocycles. The van der Waals surface area contributed by atoms with Crippen molar-refractivity contribution < 1.29 is 9.59 Å². The second kappa shape index (κ2) is 9.15. The number of rotatable bonds is 6. The molecule has 0 aliphatic rings. The lowest BCUT2D eigenvalue weighted by Crippen LogP contribution is -2.24. The highest BCUT2D eigenvalue weighted by Gasteiger charge is 2.13. The van der Waals surface area contributed by atoms with Gasteiger partial charge in [0.1, 0.15) is 0 Å². The molecule has 0 bridgehead atoms. The number of carbonyl (C=O) groups is 2. The van der Waals surface area contributed by atoms with Crippen LogP contribution in [-0.4, -0.2) is 16.8 Å². The van der Waals surface area contributed by atoms with Crippen LogP contribution in [0.5, 0.6) is 0 Å². The average molecular weight is 394 g/mol. The highest BCUT2D eigenvalue weighted by molar-refractivity contribution is 6.31. The summed E-state index contributed by atoms with van der Waals surface area (Å²) in [6, 6.07) is 16.4. The first kappa shape index (κ1) is 19.6. The Morgan fingerprint density at radius 3 is 2.29 bits per heavy atom. The third-order valence-corrected chi connectivity index (χ3v) is 4.68. The number of amides is 2. The molecule has 0 saturated carbocycles. The van der Waals surface area contributed by atoms with Crippen molar-refractivity contribution in [2.75, 3.05) is 5.32 Å². The molecule has 3 rings (SSSR count). The van der Waals surface area contributed by atoms with E-state index in [1.54, 1.807) is 6.07 Å². The second-order valence-corrected chi connectivity index (χ2v) is 6.61. The number of halogens is 1. The van der Waals surface area contributed by atoms with Crippen molar-refractivity contribution in [3.05, 3.63) is 94.3 Å². The van der Waals surface area contributed by atoms with E-state index in [0.717, 1.165) is 23.2 Å². The van der Waals surface area contributed by atoms with Crippen LogP contribution in [0.3, 0.4) is 0 Å². The zero-order valence-corrected chi connectivity index (χ0v) is 16.2. The Morgan fingerprint density at radius 1 is 0.929 bits per heavy atom. The van der Waals surface area contributed by atoms with Crippen molar-refractivity contribution in [3.8, 4) is 0 Å². The minimum absolute atomic E-state index is 0.290. The number of hydrogen-bond donors (Lipinski definition) is 2. The zero-order valence-electron chi connectivity index (χ0n) is 15.4. The summed E-state index contributed by atoms with van der Waals surface area (Å²) in [6.07, 6.45) is 3.67. The number of aromatic nitrogens is 1. The molecule has 0 aliphatic carbocycles. The minimum atomic E-state index is -0.323. The van der Waals surface area contributed by atoms with E-state index in [0.29, 0.717) is 22.7 Å². The van der Waals surface area contributed by atoms with Gasteiger partial charge < -0.3 is 10.6 Å². The first-order valence-electron chi connectivity index (χ1n) is 8.94. The van der Waals surface area contributed by atoms with Crippen molar-refractivity contribution in [1.29, 1.82) is 0 Å². The molecule has 28 heavy (non-hydrogen) atoms. The van der Waals surface area contributed by atoms with Gasteiger partial charge in [0.15, 0.2) is 0 Å². The predicted octanol–water partition coefficient (Wildman–Crippen LogP) is 4.48. The van der Waals surface area contributed by atoms with Gasteiger partial charge in [-0.3, -0.25) is 14.6 Å². The Kier molecular flexibility index (Phi) is 6.40. The van der Waals surface area contributed by atoms with E-state index < -0.39 is 0 Å². The molecule has 0 radical (unpaired) electrons. The lowest BCUT2D eigenvalue weighted by atomic mass is 10.1. The van der Waals surface area contributed by atoms with E-state index >= 15 is 0 Å². The van der Waals surface area contributed by atoms with E-state index in [-0.39, 0.29) is 11.8 Å². The predicted molar refractivity (Wildman–Crippen MR) is 111 cm³/mol. The summed E-state index contributed by atoms with van der Waals surface area (Å²) in [6.45, 7) is 2.31. The number of hydrogen-bond acceptors (Lipinski definition) is 3. The summed E-state index contributed by atoms with van der Waals surface area (Å²) < 4.78 is 0. The van der Waals surface area contributed by atoms with Gasteiger partial charge in [0, 0.05) is 29.6 Å². The molecule has 1 aromatic heterocycles. The summed E-state index contributed by atoms with van der Waals surface area (Å²) in [5, 5.41) is 6.26. The monoisotopic (exact) mass is 393 g/mol. The maximum Gasteiger partial charge on any atom is 0.257 e. The molecule has 6 heteroatoms. The molecule has 2 amide bonds. The van der Waals surface area contributed by atoms with Crippen molar-refractivity contribution in [1.82, 2.24) is 10.3 Å². The van der Waals surface area contributed by atoms with Crippen LogP contribution in [0.25, 0.3) is 0 Å². The zero-order chi connectivity index (χ0) is 19.9. The highest BCUT2D eigenvalue weighted by atomic mass is 35.5. The summed E-state index contributed by atoms with van der Waals surface area (Å²) in [4.78, 5) is 29.1. The summed E-state index contributed by atoms with van der Waals surface area (Å²) in [5.74, 6) is -0.634. The highest BCUT2D eigenvalue weighted by Crippen LogP contribution is 2.17. The van der Waals surface area contributed by atoms with Crippen LogP contribution in [0.4, 0.5) is 5.69 Å². The molecule has 3 aromatic rings. The van der Waals surface area contributed by atoms with Crippen LogP contribution >= 0.6 is 11.6 Å². The fourth-order valence-electron chi connectivity index (χ4n) is 2.75. The molecule has 0 saturated heterocycles. The quantitative estimate of drug-likeness (QED) is 0.648. The van der Waals surface area contributed by atoms with Crippen molar-refractivity contribution in [3.63, 3.8) is 0 Å². The molecule has 0 fully saturated rings. The number of pyridine rings is 1. The third kappa shape index (κ3) is 4.75. The first-order valence-corrected chi connectivity index (χ1v) is 9.32. The maximum atomic E-state index is 12.6. The van der Waals surface area contributed by atoms with Gasteiger partial charge in [0.25, 0.3) is 11.8 Å².